The molecule has 132 valence electrons. The first-order valence-electron chi connectivity index (χ1n) is 7.52. The van der Waals surface area contributed by atoms with Crippen molar-refractivity contribution in [3.63, 3.8) is 0 Å². The van der Waals surface area contributed by atoms with Crippen LogP contribution >= 0.6 is 0 Å². The van der Waals surface area contributed by atoms with E-state index in [0.717, 1.165) is 17.0 Å². The zero-order valence-corrected chi connectivity index (χ0v) is 14.2. The van der Waals surface area contributed by atoms with Gasteiger partial charge in [0.2, 0.25) is 6.20 Å². The Labute approximate surface area is 151 Å². The van der Waals surface area contributed by atoms with Crippen molar-refractivity contribution < 1.29 is 33.6 Å². The number of nitrogens with one attached hydrogen (secondary N) is 1. The van der Waals surface area contributed by atoms with Crippen LogP contribution in [0.1, 0.15) is 11.3 Å². The summed E-state index contributed by atoms with van der Waals surface area (Å²) in [5.74, 6) is 0. The van der Waals surface area contributed by atoms with Gasteiger partial charge in [0.05, 0.1) is 0 Å². The van der Waals surface area contributed by atoms with Crippen LogP contribution in [0.4, 0.5) is 0 Å². The molecule has 2 heterocycles. The molecule has 4 rings (SSSR count). The third kappa shape index (κ3) is 4.85. The van der Waals surface area contributed by atoms with E-state index in [-0.39, 0.29) is 0 Å². The molecule has 1 aliphatic rings. The average molecular weight is 372 g/mol. The van der Waals surface area contributed by atoms with Gasteiger partial charge in [0.25, 0.3) is 5.69 Å². The Kier molecular flexibility index (Phi) is 5.27. The van der Waals surface area contributed by atoms with E-state index in [1.807, 2.05) is 28.9 Å². The van der Waals surface area contributed by atoms with Gasteiger partial charge in [-0.1, -0.05) is 53.2 Å². The van der Waals surface area contributed by atoms with Crippen LogP contribution in [0.2, 0.25) is 0 Å². The van der Waals surface area contributed by atoms with Crippen LogP contribution in [0.15, 0.2) is 71.9 Å². The molecule has 0 radical (unpaired) electrons. The molecule has 26 heavy (non-hydrogen) atoms. The summed E-state index contributed by atoms with van der Waals surface area (Å²) in [6.45, 7) is 0. The van der Waals surface area contributed by atoms with Crippen LogP contribution in [0, 0.1) is 10.2 Å². The van der Waals surface area contributed by atoms with Gasteiger partial charge in [-0.3, -0.25) is 0 Å². The van der Waals surface area contributed by atoms with Gasteiger partial charge in [0, 0.05) is 11.5 Å². The summed E-state index contributed by atoms with van der Waals surface area (Å²) in [6.07, 6.45) is 5.91. The number of nitrogens with zero attached hydrogens (tertiary/aromatic N) is 2. The number of aromatic nitrogens is 1. The Bertz CT molecular complexity index is 963. The number of benzene rings is 2. The Morgan fingerprint density at radius 2 is 1.50 bits per heavy atom. The van der Waals surface area contributed by atoms with Crippen LogP contribution in [-0.2, 0) is 0 Å². The third-order valence-electron chi connectivity index (χ3n) is 3.58. The normalized spacial score (nSPS) is 14.4. The highest BCUT2D eigenvalue weighted by Gasteiger charge is 2.20. The molecule has 8 heteroatoms. The van der Waals surface area contributed by atoms with Crippen molar-refractivity contribution >= 4 is 28.9 Å². The number of hydrogen-bond acceptors (Lipinski definition) is 6. The molecule has 7 nitrogen and oxygen atoms in total. The zero-order chi connectivity index (χ0) is 18.6. The monoisotopic (exact) mass is 371 g/mol. The van der Waals surface area contributed by atoms with Crippen LogP contribution < -0.4 is 28.7 Å². The van der Waals surface area contributed by atoms with Crippen molar-refractivity contribution in [2.24, 2.45) is 4.99 Å². The Hall–Kier alpha value is -2.81. The minimum Gasteiger partial charge on any atom is -0.226 e. The van der Waals surface area contributed by atoms with Gasteiger partial charge in [-0.05, 0) is 23.1 Å². The summed E-state index contributed by atoms with van der Waals surface area (Å²) in [6, 6.07) is 20.7. The van der Waals surface area contributed by atoms with Gasteiger partial charge < -0.3 is 0 Å². The highest BCUT2D eigenvalue weighted by molar-refractivity contribution is 5.89. The summed E-state index contributed by atoms with van der Waals surface area (Å²) in [5.41, 5.74) is 6.30. The number of pyridine rings is 1. The van der Waals surface area contributed by atoms with Gasteiger partial charge in [-0.2, -0.15) is 0 Å². The van der Waals surface area contributed by atoms with E-state index >= 15 is 0 Å². The smallest absolute Gasteiger partial charge is 0.226 e. The molecule has 0 fully saturated rings. The number of rotatable bonds is 1. The lowest BCUT2D eigenvalue weighted by Crippen LogP contribution is -2.68. The van der Waals surface area contributed by atoms with Gasteiger partial charge in [0.15, 0.2) is 0 Å². The molecule has 1 N–H and O–H groups in total. The second kappa shape index (κ2) is 7.61. The minimum absolute atomic E-state index is 0.950. The van der Waals surface area contributed by atoms with Gasteiger partial charge in [-0.15, -0.1) is 15.7 Å². The molecule has 3 aromatic rings. The van der Waals surface area contributed by atoms with E-state index in [2.05, 4.69) is 59.1 Å². The van der Waals surface area contributed by atoms with Gasteiger partial charge in [-0.25, -0.2) is 23.6 Å². The number of hydrogen-bond donors (Lipinski definition) is 1. The third-order valence-corrected chi connectivity index (χ3v) is 3.58. The molecule has 0 aliphatic carbocycles. The van der Waals surface area contributed by atoms with E-state index in [1.165, 1.54) is 10.8 Å². The summed E-state index contributed by atoms with van der Waals surface area (Å²) < 4.78 is 36.0. The van der Waals surface area contributed by atoms with Crippen molar-refractivity contribution in [3.05, 3.63) is 78.1 Å². The predicted octanol–water partition coefficient (Wildman–Crippen LogP) is -1.55. The number of halogens is 1. The number of fused-ring (bicyclic) bond motifs is 2. The lowest BCUT2D eigenvalue weighted by atomic mass is 10.1. The molecule has 0 bridgehead atoms. The summed E-state index contributed by atoms with van der Waals surface area (Å²) >= 11 is 0. The van der Waals surface area contributed by atoms with Gasteiger partial charge in [0.1, 0.15) is 12.0 Å². The second-order valence-corrected chi connectivity index (χ2v) is 6.12. The zero-order valence-electron chi connectivity index (χ0n) is 13.4. The maximum Gasteiger partial charge on any atom is 0.261 e. The second-order valence-electron chi connectivity index (χ2n) is 5.36. The first-order chi connectivity index (χ1) is 12.4. The van der Waals surface area contributed by atoms with Crippen molar-refractivity contribution in [2.75, 3.05) is 5.43 Å². The fraction of sp³-hybridized carbons (Fsp3) is 0. The van der Waals surface area contributed by atoms with E-state index in [0.29, 0.717) is 0 Å². The quantitative estimate of drug-likeness (QED) is 0.519. The highest BCUT2D eigenvalue weighted by Crippen LogP contribution is 2.21. The predicted molar refractivity (Wildman–Crippen MR) is 86.3 cm³/mol. The molecule has 1 aliphatic heterocycles. The fourth-order valence-electron chi connectivity index (χ4n) is 2.53. The first-order valence-corrected chi connectivity index (χ1v) is 8.76. The molecule has 2 aromatic carbocycles. The van der Waals surface area contributed by atoms with Crippen molar-refractivity contribution in [1.82, 2.24) is 0 Å². The van der Waals surface area contributed by atoms with Crippen LogP contribution in [0.3, 0.4) is 0 Å². The molecule has 0 saturated carbocycles. The van der Waals surface area contributed by atoms with E-state index in [9.17, 15) is 0 Å². The maximum atomic E-state index is 8.49. The van der Waals surface area contributed by atoms with E-state index < -0.39 is 10.2 Å². The minimum atomic E-state index is -4.94. The Morgan fingerprint density at radius 3 is 2.19 bits per heavy atom. The summed E-state index contributed by atoms with van der Waals surface area (Å²) in [7, 11) is -4.94. The maximum absolute atomic E-state index is 8.49. The fourth-order valence-corrected chi connectivity index (χ4v) is 2.53. The Morgan fingerprint density at radius 1 is 0.885 bits per heavy atom. The van der Waals surface area contributed by atoms with Gasteiger partial charge >= 0.3 is 0 Å². The van der Waals surface area contributed by atoms with Crippen molar-refractivity contribution in [3.8, 4) is 0 Å². The molecular formula is C18H14ClN3O4. The molecule has 0 saturated heterocycles. The first kappa shape index (κ1) is 18.0. The standard InChI is InChI=1S/C18H14N3.ClHO4/c1-2-6-14(7-3-1)10-17-18-11-15-8-4-5-9-16(15)12-21(18)20-13-19-17;2-1(3,4)5/h1-13H,(H,19,20);(H,2,3,4,5)/q+1;/p-1/b17-10-;. The van der Waals surface area contributed by atoms with Crippen LogP contribution in [0.25, 0.3) is 22.5 Å². The largest absolute Gasteiger partial charge is 0.261 e. The topological polar surface area (TPSA) is 121 Å². The molecule has 0 spiro atoms. The lowest BCUT2D eigenvalue weighted by molar-refractivity contribution is -2.00. The summed E-state index contributed by atoms with van der Waals surface area (Å²) in [5, 5.41) is 2.41. The van der Waals surface area contributed by atoms with Crippen LogP contribution in [0.5, 0.6) is 0 Å². The van der Waals surface area contributed by atoms with Crippen molar-refractivity contribution in [2.45, 2.75) is 0 Å². The summed E-state index contributed by atoms with van der Waals surface area (Å²) in [4.78, 5) is 4.48. The lowest BCUT2D eigenvalue weighted by Gasteiger charge is -2.17. The molecule has 1 aromatic heterocycles. The number of aliphatic imine (C=N–C) groups is 1. The van der Waals surface area contributed by atoms with Crippen molar-refractivity contribution in [1.29, 1.82) is 0 Å². The van der Waals surface area contributed by atoms with Crippen LogP contribution in [-0.4, -0.2) is 6.34 Å². The Balaban J connectivity index is 0.000000349. The SMILES string of the molecule is C1=N/C(=C\c2ccccc2)c2cc3ccccc3c[n+]2N1.[O-][Cl+3]([O-])([O-])[O-]. The van der Waals surface area contributed by atoms with E-state index in [1.54, 1.807) is 6.34 Å². The molecule has 0 amide bonds. The molecule has 0 atom stereocenters. The highest BCUT2D eigenvalue weighted by atomic mass is 35.7. The molecule has 0 unspecified atom stereocenters. The molecular weight excluding hydrogens is 358 g/mol. The van der Waals surface area contributed by atoms with E-state index in [4.69, 9.17) is 18.6 Å². The average Bonchev–Trinajstić information content (AvgIpc) is 2.60.